The number of amides is 3. The number of ether oxygens (including phenoxy) is 1. The highest BCUT2D eigenvalue weighted by atomic mass is 16.5. The average Bonchev–Trinajstić information content (AvgIpc) is 2.76. The standard InChI is InChI=1S/C25H31N3O4/c1-18-15-28(16-19(2)32-18)25(31)22-9-11-23(12-10-22)26-24(30)17-27(20(3)29)14-13-21-7-5-4-6-8-21/h4-12,18-19H,13-17H2,1-3H3,(H,26,30). The largest absolute Gasteiger partial charge is 0.372 e. The summed E-state index contributed by atoms with van der Waals surface area (Å²) >= 11 is 0. The normalized spacial score (nSPS) is 18.2. The minimum atomic E-state index is -0.275. The maximum absolute atomic E-state index is 12.8. The van der Waals surface area contributed by atoms with E-state index in [1.165, 1.54) is 11.8 Å². The van der Waals surface area contributed by atoms with Crippen molar-refractivity contribution in [3.05, 3.63) is 65.7 Å². The molecule has 2 unspecified atom stereocenters. The molecule has 1 saturated heterocycles. The van der Waals surface area contributed by atoms with Crippen molar-refractivity contribution in [1.82, 2.24) is 9.80 Å². The Morgan fingerprint density at radius 1 is 1.00 bits per heavy atom. The molecular weight excluding hydrogens is 406 g/mol. The lowest BCUT2D eigenvalue weighted by Crippen LogP contribution is -2.48. The predicted molar refractivity (Wildman–Crippen MR) is 123 cm³/mol. The van der Waals surface area contributed by atoms with Gasteiger partial charge in [0.1, 0.15) is 0 Å². The molecule has 1 heterocycles. The summed E-state index contributed by atoms with van der Waals surface area (Å²) in [6.07, 6.45) is 0.697. The first-order chi connectivity index (χ1) is 15.3. The van der Waals surface area contributed by atoms with Crippen LogP contribution in [0.4, 0.5) is 5.69 Å². The minimum absolute atomic E-state index is 0.00683. The quantitative estimate of drug-likeness (QED) is 0.722. The molecule has 0 bridgehead atoms. The second-order valence-electron chi connectivity index (χ2n) is 8.27. The van der Waals surface area contributed by atoms with Crippen LogP contribution in [0.5, 0.6) is 0 Å². The molecule has 2 aromatic carbocycles. The van der Waals surface area contributed by atoms with E-state index in [-0.39, 0.29) is 36.5 Å². The molecule has 3 rings (SSSR count). The van der Waals surface area contributed by atoms with E-state index in [1.807, 2.05) is 44.2 Å². The maximum atomic E-state index is 12.8. The molecule has 170 valence electrons. The second-order valence-corrected chi connectivity index (χ2v) is 8.27. The van der Waals surface area contributed by atoms with Gasteiger partial charge >= 0.3 is 0 Å². The summed E-state index contributed by atoms with van der Waals surface area (Å²) < 4.78 is 5.69. The van der Waals surface area contributed by atoms with Crippen LogP contribution < -0.4 is 5.32 Å². The van der Waals surface area contributed by atoms with Gasteiger partial charge in [0.2, 0.25) is 11.8 Å². The number of anilines is 1. The van der Waals surface area contributed by atoms with E-state index in [9.17, 15) is 14.4 Å². The molecule has 7 heteroatoms. The Morgan fingerprint density at radius 2 is 1.62 bits per heavy atom. The number of morpholine rings is 1. The fourth-order valence-corrected chi connectivity index (χ4v) is 3.85. The number of carbonyl (C=O) groups is 3. The van der Waals surface area contributed by atoms with Crippen molar-refractivity contribution < 1.29 is 19.1 Å². The van der Waals surface area contributed by atoms with Gasteiger partial charge in [-0.3, -0.25) is 14.4 Å². The van der Waals surface area contributed by atoms with Gasteiger partial charge in [0, 0.05) is 37.8 Å². The number of rotatable bonds is 7. The fourth-order valence-electron chi connectivity index (χ4n) is 3.85. The van der Waals surface area contributed by atoms with Crippen molar-refractivity contribution in [2.24, 2.45) is 0 Å². The molecule has 3 amide bonds. The van der Waals surface area contributed by atoms with Crippen LogP contribution in [0.1, 0.15) is 36.7 Å². The van der Waals surface area contributed by atoms with Crippen LogP contribution in [0.15, 0.2) is 54.6 Å². The van der Waals surface area contributed by atoms with Gasteiger partial charge in [-0.1, -0.05) is 30.3 Å². The van der Waals surface area contributed by atoms with Gasteiger partial charge in [0.15, 0.2) is 0 Å². The molecule has 2 aromatic rings. The number of hydrogen-bond donors (Lipinski definition) is 1. The lowest BCUT2D eigenvalue weighted by molar-refractivity contribution is -0.132. The van der Waals surface area contributed by atoms with Gasteiger partial charge in [0.25, 0.3) is 5.91 Å². The number of nitrogens with one attached hydrogen (secondary N) is 1. The van der Waals surface area contributed by atoms with Gasteiger partial charge in [-0.05, 0) is 50.1 Å². The van der Waals surface area contributed by atoms with E-state index in [4.69, 9.17) is 4.74 Å². The maximum Gasteiger partial charge on any atom is 0.254 e. The van der Waals surface area contributed by atoms with E-state index in [0.717, 1.165) is 5.56 Å². The Morgan fingerprint density at radius 3 is 2.22 bits per heavy atom. The van der Waals surface area contributed by atoms with E-state index in [2.05, 4.69) is 5.32 Å². The van der Waals surface area contributed by atoms with Crippen LogP contribution in [0.2, 0.25) is 0 Å². The molecule has 32 heavy (non-hydrogen) atoms. The van der Waals surface area contributed by atoms with Crippen molar-refractivity contribution in [1.29, 1.82) is 0 Å². The average molecular weight is 438 g/mol. The molecule has 7 nitrogen and oxygen atoms in total. The third-order valence-corrected chi connectivity index (χ3v) is 5.42. The smallest absolute Gasteiger partial charge is 0.254 e. The zero-order valence-corrected chi connectivity index (χ0v) is 18.9. The molecule has 0 saturated carbocycles. The minimum Gasteiger partial charge on any atom is -0.372 e. The lowest BCUT2D eigenvalue weighted by atomic mass is 10.1. The molecule has 0 spiro atoms. The van der Waals surface area contributed by atoms with Gasteiger partial charge in [-0.2, -0.15) is 0 Å². The molecular formula is C25H31N3O4. The molecule has 1 aliphatic rings. The molecule has 0 aromatic heterocycles. The van der Waals surface area contributed by atoms with Crippen molar-refractivity contribution in [3.8, 4) is 0 Å². The first-order valence-electron chi connectivity index (χ1n) is 11.0. The number of nitrogens with zero attached hydrogens (tertiary/aromatic N) is 2. The van der Waals surface area contributed by atoms with Crippen LogP contribution in [-0.4, -0.2) is 65.9 Å². The van der Waals surface area contributed by atoms with Crippen LogP contribution in [0.3, 0.4) is 0 Å². The number of benzene rings is 2. The van der Waals surface area contributed by atoms with Crippen LogP contribution in [-0.2, 0) is 20.7 Å². The summed E-state index contributed by atoms with van der Waals surface area (Å²) in [6.45, 7) is 6.95. The van der Waals surface area contributed by atoms with Crippen molar-refractivity contribution in [2.45, 2.75) is 39.4 Å². The number of hydrogen-bond acceptors (Lipinski definition) is 4. The van der Waals surface area contributed by atoms with Crippen LogP contribution in [0, 0.1) is 0 Å². The highest BCUT2D eigenvalue weighted by Gasteiger charge is 2.26. The highest BCUT2D eigenvalue weighted by Crippen LogP contribution is 2.16. The summed E-state index contributed by atoms with van der Waals surface area (Å²) in [6, 6.07) is 16.7. The monoisotopic (exact) mass is 437 g/mol. The molecule has 2 atom stereocenters. The van der Waals surface area contributed by atoms with E-state index < -0.39 is 0 Å². The summed E-state index contributed by atoms with van der Waals surface area (Å²) in [5.41, 5.74) is 2.27. The highest BCUT2D eigenvalue weighted by molar-refractivity contribution is 5.97. The third-order valence-electron chi connectivity index (χ3n) is 5.42. The van der Waals surface area contributed by atoms with Gasteiger partial charge in [-0.15, -0.1) is 0 Å². The van der Waals surface area contributed by atoms with Crippen LogP contribution >= 0.6 is 0 Å². The lowest BCUT2D eigenvalue weighted by Gasteiger charge is -2.35. The first-order valence-corrected chi connectivity index (χ1v) is 11.0. The molecule has 0 aliphatic carbocycles. The second kappa shape index (κ2) is 10.9. The zero-order chi connectivity index (χ0) is 23.1. The Balaban J connectivity index is 1.54. The van der Waals surface area contributed by atoms with Crippen molar-refractivity contribution in [3.63, 3.8) is 0 Å². The van der Waals surface area contributed by atoms with E-state index >= 15 is 0 Å². The summed E-state index contributed by atoms with van der Waals surface area (Å²) in [7, 11) is 0. The Hall–Kier alpha value is -3.19. The SMILES string of the molecule is CC(=O)N(CCc1ccccc1)CC(=O)Nc1ccc(C(=O)N2CC(C)OC(C)C2)cc1. The Bertz CT molecular complexity index is 920. The molecule has 1 fully saturated rings. The Kier molecular flexibility index (Phi) is 8.00. The third kappa shape index (κ3) is 6.65. The van der Waals surface area contributed by atoms with E-state index in [0.29, 0.717) is 37.3 Å². The molecule has 0 radical (unpaired) electrons. The fraction of sp³-hybridized carbons (Fsp3) is 0.400. The number of carbonyl (C=O) groups excluding carboxylic acids is 3. The van der Waals surface area contributed by atoms with Gasteiger partial charge in [-0.25, -0.2) is 0 Å². The van der Waals surface area contributed by atoms with Crippen molar-refractivity contribution >= 4 is 23.4 Å². The van der Waals surface area contributed by atoms with Crippen LogP contribution in [0.25, 0.3) is 0 Å². The van der Waals surface area contributed by atoms with Gasteiger partial charge in [0.05, 0.1) is 18.8 Å². The summed E-state index contributed by atoms with van der Waals surface area (Å²) in [4.78, 5) is 40.5. The predicted octanol–water partition coefficient (Wildman–Crippen LogP) is 2.97. The topological polar surface area (TPSA) is 79.0 Å². The van der Waals surface area contributed by atoms with Crippen molar-refractivity contribution in [2.75, 3.05) is 31.5 Å². The summed E-state index contributed by atoms with van der Waals surface area (Å²) in [5.74, 6) is -0.470. The van der Waals surface area contributed by atoms with E-state index in [1.54, 1.807) is 29.2 Å². The summed E-state index contributed by atoms with van der Waals surface area (Å²) in [5, 5.41) is 2.81. The zero-order valence-electron chi connectivity index (χ0n) is 18.9. The molecule has 1 aliphatic heterocycles. The first kappa shape index (κ1) is 23.5. The Labute approximate surface area is 189 Å². The molecule has 1 N–H and O–H groups in total. The van der Waals surface area contributed by atoms with Gasteiger partial charge < -0.3 is 19.9 Å².